The Bertz CT molecular complexity index is 1070. The molecule has 0 atom stereocenters. The van der Waals surface area contributed by atoms with Crippen LogP contribution in [-0.4, -0.2) is 0 Å². The van der Waals surface area contributed by atoms with Gasteiger partial charge in [-0.3, -0.25) is 0 Å². The van der Waals surface area contributed by atoms with Crippen LogP contribution in [0.3, 0.4) is 0 Å². The third-order valence-electron chi connectivity index (χ3n) is 6.99. The Morgan fingerprint density at radius 2 is 1.55 bits per heavy atom. The molecular formula is C30H33F. The van der Waals surface area contributed by atoms with Gasteiger partial charge in [-0.05, 0) is 91.1 Å². The minimum atomic E-state index is -0.0750. The SMILES string of the molecule is CCCCc1ccc2cc(C#Cc3ccc(C4CCC(CC)CC4)cc3)ccc2c1F. The van der Waals surface area contributed by atoms with E-state index in [0.717, 1.165) is 47.3 Å². The van der Waals surface area contributed by atoms with Crippen molar-refractivity contribution in [3.63, 3.8) is 0 Å². The third kappa shape index (κ3) is 5.19. The van der Waals surface area contributed by atoms with Crippen molar-refractivity contribution < 1.29 is 4.39 Å². The highest BCUT2D eigenvalue weighted by Crippen LogP contribution is 2.36. The van der Waals surface area contributed by atoms with Gasteiger partial charge < -0.3 is 0 Å². The van der Waals surface area contributed by atoms with Crippen molar-refractivity contribution in [2.24, 2.45) is 5.92 Å². The number of hydrogen-bond acceptors (Lipinski definition) is 0. The second-order valence-corrected chi connectivity index (χ2v) is 9.08. The van der Waals surface area contributed by atoms with E-state index in [1.807, 2.05) is 30.3 Å². The van der Waals surface area contributed by atoms with Crippen molar-refractivity contribution in [3.8, 4) is 11.8 Å². The molecule has 4 rings (SSSR count). The summed E-state index contributed by atoms with van der Waals surface area (Å²) in [5.41, 5.74) is 4.24. The topological polar surface area (TPSA) is 0 Å². The number of aryl methyl sites for hydroxylation is 1. The number of fused-ring (bicyclic) bond motifs is 1. The molecule has 1 aliphatic carbocycles. The fourth-order valence-corrected chi connectivity index (χ4v) is 4.86. The molecule has 0 aliphatic heterocycles. The maximum absolute atomic E-state index is 14.8. The van der Waals surface area contributed by atoms with E-state index in [-0.39, 0.29) is 5.82 Å². The van der Waals surface area contributed by atoms with Gasteiger partial charge in [-0.25, -0.2) is 4.39 Å². The zero-order chi connectivity index (χ0) is 21.6. The monoisotopic (exact) mass is 412 g/mol. The van der Waals surface area contributed by atoms with Gasteiger partial charge in [0, 0.05) is 16.5 Å². The summed E-state index contributed by atoms with van der Waals surface area (Å²) in [6.45, 7) is 4.45. The molecule has 0 saturated heterocycles. The third-order valence-corrected chi connectivity index (χ3v) is 6.99. The second kappa shape index (κ2) is 10.1. The normalized spacial score (nSPS) is 18.5. The van der Waals surface area contributed by atoms with E-state index < -0.39 is 0 Å². The fraction of sp³-hybridized carbons (Fsp3) is 0.400. The van der Waals surface area contributed by atoms with Gasteiger partial charge in [0.2, 0.25) is 0 Å². The Labute approximate surface area is 186 Å². The molecule has 1 fully saturated rings. The van der Waals surface area contributed by atoms with E-state index in [1.54, 1.807) is 0 Å². The minimum Gasteiger partial charge on any atom is -0.206 e. The van der Waals surface area contributed by atoms with Crippen LogP contribution in [-0.2, 0) is 6.42 Å². The molecule has 3 aromatic rings. The summed E-state index contributed by atoms with van der Waals surface area (Å²) < 4.78 is 14.8. The number of unbranched alkanes of at least 4 members (excludes halogenated alkanes) is 1. The summed E-state index contributed by atoms with van der Waals surface area (Å²) >= 11 is 0. The van der Waals surface area contributed by atoms with Gasteiger partial charge in [0.15, 0.2) is 0 Å². The van der Waals surface area contributed by atoms with Gasteiger partial charge in [-0.15, -0.1) is 0 Å². The first kappa shape index (κ1) is 21.6. The zero-order valence-corrected chi connectivity index (χ0v) is 18.9. The van der Waals surface area contributed by atoms with E-state index in [9.17, 15) is 4.39 Å². The van der Waals surface area contributed by atoms with Crippen molar-refractivity contribution in [1.29, 1.82) is 0 Å². The molecule has 3 aromatic carbocycles. The van der Waals surface area contributed by atoms with Gasteiger partial charge in [0.25, 0.3) is 0 Å². The fourth-order valence-electron chi connectivity index (χ4n) is 4.86. The highest BCUT2D eigenvalue weighted by Gasteiger charge is 2.20. The Morgan fingerprint density at radius 3 is 2.26 bits per heavy atom. The van der Waals surface area contributed by atoms with Crippen LogP contribution in [0.2, 0.25) is 0 Å². The van der Waals surface area contributed by atoms with Crippen LogP contribution in [0.1, 0.15) is 87.0 Å². The number of hydrogen-bond donors (Lipinski definition) is 0. The summed E-state index contributed by atoms with van der Waals surface area (Å²) in [7, 11) is 0. The van der Waals surface area contributed by atoms with E-state index in [0.29, 0.717) is 11.3 Å². The summed E-state index contributed by atoms with van der Waals surface area (Å²) in [5, 5.41) is 1.61. The summed E-state index contributed by atoms with van der Waals surface area (Å²) in [4.78, 5) is 0. The molecule has 31 heavy (non-hydrogen) atoms. The molecule has 1 heteroatoms. The van der Waals surface area contributed by atoms with Gasteiger partial charge in [-0.2, -0.15) is 0 Å². The molecule has 0 amide bonds. The smallest absolute Gasteiger partial charge is 0.134 e. The van der Waals surface area contributed by atoms with Gasteiger partial charge >= 0.3 is 0 Å². The highest BCUT2D eigenvalue weighted by atomic mass is 19.1. The molecule has 0 bridgehead atoms. The Hall–Kier alpha value is -2.59. The zero-order valence-electron chi connectivity index (χ0n) is 18.9. The Balaban J connectivity index is 1.46. The molecule has 1 saturated carbocycles. The molecule has 1 aliphatic rings. The van der Waals surface area contributed by atoms with Gasteiger partial charge in [0.05, 0.1) is 0 Å². The molecule has 0 N–H and O–H groups in total. The predicted molar refractivity (Wildman–Crippen MR) is 130 cm³/mol. The maximum Gasteiger partial charge on any atom is 0.134 e. The molecule has 0 aromatic heterocycles. The first-order chi connectivity index (χ1) is 15.2. The average molecular weight is 413 g/mol. The van der Waals surface area contributed by atoms with Crippen LogP contribution >= 0.6 is 0 Å². The van der Waals surface area contributed by atoms with Gasteiger partial charge in [-0.1, -0.05) is 68.9 Å². The lowest BCUT2D eigenvalue weighted by atomic mass is 9.78. The molecule has 0 radical (unpaired) electrons. The predicted octanol–water partition coefficient (Wildman–Crippen LogP) is 8.41. The maximum atomic E-state index is 14.8. The van der Waals surface area contributed by atoms with Crippen molar-refractivity contribution in [3.05, 3.63) is 82.7 Å². The summed E-state index contributed by atoms with van der Waals surface area (Å²) in [5.74, 6) is 8.11. The van der Waals surface area contributed by atoms with Crippen molar-refractivity contribution in [2.75, 3.05) is 0 Å². The number of rotatable bonds is 5. The molecule has 160 valence electrons. The van der Waals surface area contributed by atoms with E-state index in [1.165, 1.54) is 37.7 Å². The van der Waals surface area contributed by atoms with Crippen molar-refractivity contribution in [2.45, 2.75) is 71.1 Å². The summed E-state index contributed by atoms with van der Waals surface area (Å²) in [6, 6.07) is 18.6. The first-order valence-electron chi connectivity index (χ1n) is 12.0. The first-order valence-corrected chi connectivity index (χ1v) is 12.0. The van der Waals surface area contributed by atoms with E-state index in [2.05, 4.69) is 50.0 Å². The standard InChI is InChI=1S/C30H33F/c1-3-5-6-27-18-19-28-21-24(13-20-29(28)30(27)31)8-7-23-11-16-26(17-12-23)25-14-9-22(4-2)10-15-25/h11-13,16-22,25H,3-6,9-10,14-15H2,1-2H3. The number of halogens is 1. The van der Waals surface area contributed by atoms with Crippen molar-refractivity contribution in [1.82, 2.24) is 0 Å². The lowest BCUT2D eigenvalue weighted by molar-refractivity contribution is 0.319. The highest BCUT2D eigenvalue weighted by molar-refractivity contribution is 5.85. The van der Waals surface area contributed by atoms with Gasteiger partial charge in [0.1, 0.15) is 5.82 Å². The largest absolute Gasteiger partial charge is 0.206 e. The van der Waals surface area contributed by atoms with Crippen LogP contribution in [0.5, 0.6) is 0 Å². The van der Waals surface area contributed by atoms with Crippen LogP contribution in [0.25, 0.3) is 10.8 Å². The molecular weight excluding hydrogens is 379 g/mol. The second-order valence-electron chi connectivity index (χ2n) is 9.08. The van der Waals surface area contributed by atoms with E-state index >= 15 is 0 Å². The van der Waals surface area contributed by atoms with Crippen molar-refractivity contribution >= 4 is 10.8 Å². The van der Waals surface area contributed by atoms with Crippen LogP contribution < -0.4 is 0 Å². The van der Waals surface area contributed by atoms with Crippen LogP contribution in [0.15, 0.2) is 54.6 Å². The molecule has 0 spiro atoms. The lowest BCUT2D eigenvalue weighted by Crippen LogP contribution is -2.12. The average Bonchev–Trinajstić information content (AvgIpc) is 2.83. The van der Waals surface area contributed by atoms with Crippen LogP contribution in [0, 0.1) is 23.6 Å². The molecule has 0 unspecified atom stereocenters. The number of benzene rings is 3. The molecule has 0 heterocycles. The minimum absolute atomic E-state index is 0.0750. The lowest BCUT2D eigenvalue weighted by Gasteiger charge is -2.28. The Kier molecular flexibility index (Phi) is 7.08. The summed E-state index contributed by atoms with van der Waals surface area (Å²) in [6.07, 6.45) is 9.59. The Morgan fingerprint density at radius 1 is 0.839 bits per heavy atom. The van der Waals surface area contributed by atoms with Crippen LogP contribution in [0.4, 0.5) is 4.39 Å². The molecule has 0 nitrogen and oxygen atoms in total. The van der Waals surface area contributed by atoms with E-state index in [4.69, 9.17) is 0 Å². The quantitative estimate of drug-likeness (QED) is 0.369.